The van der Waals surface area contributed by atoms with E-state index in [1.54, 1.807) is 6.92 Å². The van der Waals surface area contributed by atoms with Crippen LogP contribution < -0.4 is 4.74 Å². The minimum absolute atomic E-state index is 0.0197. The molecule has 1 aromatic carbocycles. The SMILES string of the molecule is Cc1ccc(OC[C@@H]2CCCN(C(=O)c3c(C)noc3C)C2)cc1. The van der Waals surface area contributed by atoms with Crippen LogP contribution in [-0.4, -0.2) is 35.7 Å². The van der Waals surface area contributed by atoms with E-state index in [2.05, 4.69) is 12.1 Å². The van der Waals surface area contributed by atoms with Crippen LogP contribution in [0.25, 0.3) is 0 Å². The summed E-state index contributed by atoms with van der Waals surface area (Å²) in [6.45, 7) is 7.79. The van der Waals surface area contributed by atoms with Crippen LogP contribution in [0.4, 0.5) is 0 Å². The van der Waals surface area contributed by atoms with Crippen molar-refractivity contribution in [2.24, 2.45) is 5.92 Å². The van der Waals surface area contributed by atoms with E-state index >= 15 is 0 Å². The van der Waals surface area contributed by atoms with Gasteiger partial charge in [0.05, 0.1) is 12.3 Å². The van der Waals surface area contributed by atoms with Crippen LogP contribution in [0.3, 0.4) is 0 Å². The van der Waals surface area contributed by atoms with E-state index in [4.69, 9.17) is 9.26 Å². The lowest BCUT2D eigenvalue weighted by Crippen LogP contribution is -2.41. The van der Waals surface area contributed by atoms with Crippen LogP contribution in [-0.2, 0) is 0 Å². The molecule has 1 aromatic heterocycles. The third-order valence-corrected chi connectivity index (χ3v) is 4.56. The zero-order valence-electron chi connectivity index (χ0n) is 14.5. The Labute approximate surface area is 142 Å². The number of carbonyl (C=O) groups is 1. The van der Waals surface area contributed by atoms with E-state index < -0.39 is 0 Å². The van der Waals surface area contributed by atoms with Crippen molar-refractivity contribution in [2.45, 2.75) is 33.6 Å². The zero-order valence-corrected chi connectivity index (χ0v) is 14.5. The predicted octanol–water partition coefficient (Wildman–Crippen LogP) is 3.53. The predicted molar refractivity (Wildman–Crippen MR) is 91.3 cm³/mol. The van der Waals surface area contributed by atoms with Crippen molar-refractivity contribution < 1.29 is 14.1 Å². The number of hydrogen-bond donors (Lipinski definition) is 0. The molecule has 0 aliphatic carbocycles. The summed E-state index contributed by atoms with van der Waals surface area (Å²) < 4.78 is 11.0. The molecule has 2 heterocycles. The van der Waals surface area contributed by atoms with Crippen LogP contribution in [0.15, 0.2) is 28.8 Å². The number of aryl methyl sites for hydroxylation is 3. The minimum atomic E-state index is 0.0197. The second-order valence-electron chi connectivity index (χ2n) is 6.58. The Morgan fingerprint density at radius 2 is 2.04 bits per heavy atom. The number of aromatic nitrogens is 1. The molecule has 128 valence electrons. The quantitative estimate of drug-likeness (QED) is 0.861. The van der Waals surface area contributed by atoms with Crippen LogP contribution in [0.5, 0.6) is 5.75 Å². The molecular formula is C19H24N2O3. The highest BCUT2D eigenvalue weighted by atomic mass is 16.5. The molecule has 2 aromatic rings. The van der Waals surface area contributed by atoms with Gasteiger partial charge >= 0.3 is 0 Å². The average molecular weight is 328 g/mol. The van der Waals surface area contributed by atoms with Crippen LogP contribution in [0.1, 0.15) is 40.2 Å². The van der Waals surface area contributed by atoms with Gasteiger partial charge in [-0.15, -0.1) is 0 Å². The highest BCUT2D eigenvalue weighted by Gasteiger charge is 2.28. The summed E-state index contributed by atoms with van der Waals surface area (Å²) in [6, 6.07) is 8.07. The van der Waals surface area contributed by atoms with E-state index in [0.717, 1.165) is 31.7 Å². The molecule has 5 heteroatoms. The van der Waals surface area contributed by atoms with Gasteiger partial charge in [0.2, 0.25) is 0 Å². The van der Waals surface area contributed by atoms with Crippen LogP contribution in [0.2, 0.25) is 0 Å². The lowest BCUT2D eigenvalue weighted by Gasteiger charge is -2.32. The summed E-state index contributed by atoms with van der Waals surface area (Å²) in [7, 11) is 0. The van der Waals surface area contributed by atoms with Gasteiger partial charge in [0.25, 0.3) is 5.91 Å². The lowest BCUT2D eigenvalue weighted by atomic mass is 9.98. The summed E-state index contributed by atoms with van der Waals surface area (Å²) >= 11 is 0. The number of benzene rings is 1. The topological polar surface area (TPSA) is 55.6 Å². The molecule has 1 saturated heterocycles. The molecule has 0 bridgehead atoms. The van der Waals surface area contributed by atoms with Gasteiger partial charge in [0, 0.05) is 19.0 Å². The van der Waals surface area contributed by atoms with Gasteiger partial charge in [-0.3, -0.25) is 4.79 Å². The number of likely N-dealkylation sites (tertiary alicyclic amines) is 1. The van der Waals surface area contributed by atoms with Crippen molar-refractivity contribution in [3.63, 3.8) is 0 Å². The number of nitrogens with zero attached hydrogens (tertiary/aromatic N) is 2. The van der Waals surface area contributed by atoms with Gasteiger partial charge in [-0.1, -0.05) is 22.9 Å². The van der Waals surface area contributed by atoms with Crippen LogP contribution in [0, 0.1) is 26.7 Å². The Morgan fingerprint density at radius 1 is 1.29 bits per heavy atom. The summed E-state index contributed by atoms with van der Waals surface area (Å²) in [5.41, 5.74) is 2.49. The number of carbonyl (C=O) groups excluding carboxylic acids is 1. The number of ether oxygens (including phenoxy) is 1. The maximum atomic E-state index is 12.7. The van der Waals surface area contributed by atoms with E-state index in [1.807, 2.05) is 36.1 Å². The molecule has 1 aliphatic rings. The van der Waals surface area contributed by atoms with Gasteiger partial charge in [0.1, 0.15) is 17.1 Å². The molecule has 24 heavy (non-hydrogen) atoms. The first-order valence-corrected chi connectivity index (χ1v) is 8.46. The summed E-state index contributed by atoms with van der Waals surface area (Å²) in [5, 5.41) is 3.89. The monoisotopic (exact) mass is 328 g/mol. The van der Waals surface area contributed by atoms with E-state index in [0.29, 0.717) is 29.5 Å². The number of amides is 1. The Hall–Kier alpha value is -2.30. The molecule has 0 spiro atoms. The Bertz CT molecular complexity index is 686. The maximum Gasteiger partial charge on any atom is 0.259 e. The third-order valence-electron chi connectivity index (χ3n) is 4.56. The molecule has 1 fully saturated rings. The van der Waals surface area contributed by atoms with Gasteiger partial charge in [-0.05, 0) is 45.7 Å². The van der Waals surface area contributed by atoms with Gasteiger partial charge < -0.3 is 14.2 Å². The standard InChI is InChI=1S/C19H24N2O3/c1-13-6-8-17(9-7-13)23-12-16-5-4-10-21(11-16)19(22)18-14(2)20-24-15(18)3/h6-9,16H,4-5,10-12H2,1-3H3/t16-/m1/s1. The zero-order chi connectivity index (χ0) is 17.1. The second-order valence-corrected chi connectivity index (χ2v) is 6.58. The molecule has 0 saturated carbocycles. The first-order valence-electron chi connectivity index (χ1n) is 8.46. The van der Waals surface area contributed by atoms with Gasteiger partial charge in [-0.25, -0.2) is 0 Å². The highest BCUT2D eigenvalue weighted by molar-refractivity contribution is 5.96. The fraction of sp³-hybridized carbons (Fsp3) is 0.474. The van der Waals surface area contributed by atoms with Crippen molar-refractivity contribution in [3.8, 4) is 5.75 Å². The molecular weight excluding hydrogens is 304 g/mol. The molecule has 0 unspecified atom stereocenters. The van der Waals surface area contributed by atoms with E-state index in [9.17, 15) is 4.79 Å². The number of piperidine rings is 1. The Morgan fingerprint density at radius 3 is 2.71 bits per heavy atom. The summed E-state index contributed by atoms with van der Waals surface area (Å²) in [4.78, 5) is 14.6. The summed E-state index contributed by atoms with van der Waals surface area (Å²) in [6.07, 6.45) is 2.08. The van der Waals surface area contributed by atoms with Crippen molar-refractivity contribution in [3.05, 3.63) is 46.8 Å². The fourth-order valence-electron chi connectivity index (χ4n) is 3.18. The van der Waals surface area contributed by atoms with Gasteiger partial charge in [0.15, 0.2) is 0 Å². The van der Waals surface area contributed by atoms with E-state index in [-0.39, 0.29) is 5.91 Å². The van der Waals surface area contributed by atoms with Crippen molar-refractivity contribution in [1.29, 1.82) is 0 Å². The molecule has 1 amide bonds. The van der Waals surface area contributed by atoms with Crippen molar-refractivity contribution in [1.82, 2.24) is 10.1 Å². The minimum Gasteiger partial charge on any atom is -0.493 e. The average Bonchev–Trinajstić information content (AvgIpc) is 2.93. The second kappa shape index (κ2) is 7.07. The van der Waals surface area contributed by atoms with Crippen LogP contribution >= 0.6 is 0 Å². The largest absolute Gasteiger partial charge is 0.493 e. The molecule has 1 aliphatic heterocycles. The lowest BCUT2D eigenvalue weighted by molar-refractivity contribution is 0.0631. The first-order chi connectivity index (χ1) is 11.5. The molecule has 1 atom stereocenters. The van der Waals surface area contributed by atoms with Crippen molar-refractivity contribution >= 4 is 5.91 Å². The Balaban J connectivity index is 1.60. The number of hydrogen-bond acceptors (Lipinski definition) is 4. The van der Waals surface area contributed by atoms with Crippen molar-refractivity contribution in [2.75, 3.05) is 19.7 Å². The highest BCUT2D eigenvalue weighted by Crippen LogP contribution is 2.22. The smallest absolute Gasteiger partial charge is 0.259 e. The number of rotatable bonds is 4. The molecule has 3 rings (SSSR count). The maximum absolute atomic E-state index is 12.7. The van der Waals surface area contributed by atoms with Gasteiger partial charge in [-0.2, -0.15) is 0 Å². The molecule has 0 N–H and O–H groups in total. The Kier molecular flexibility index (Phi) is 4.88. The third kappa shape index (κ3) is 3.61. The van der Waals surface area contributed by atoms with E-state index in [1.165, 1.54) is 5.56 Å². The first kappa shape index (κ1) is 16.6. The molecule has 0 radical (unpaired) electrons. The summed E-state index contributed by atoms with van der Waals surface area (Å²) in [5.74, 6) is 1.85. The fourth-order valence-corrected chi connectivity index (χ4v) is 3.18. The molecule has 5 nitrogen and oxygen atoms in total. The normalized spacial score (nSPS) is 17.8.